The molecule has 0 radical (unpaired) electrons. The molecule has 3 aliphatic rings. The molecule has 1 fully saturated rings. The van der Waals surface area contributed by atoms with Crippen LogP contribution < -0.4 is 0 Å². The van der Waals surface area contributed by atoms with E-state index in [4.69, 9.17) is 9.84 Å². The number of allylic oxidation sites excluding steroid dienone is 2. The molecule has 3 aliphatic carbocycles. The molecular weight excluding hydrogens is 192 g/mol. The van der Waals surface area contributed by atoms with Crippen LogP contribution in [0, 0.1) is 17.8 Å². The van der Waals surface area contributed by atoms with Gasteiger partial charge in [-0.2, -0.15) is 0 Å². The van der Waals surface area contributed by atoms with Crippen molar-refractivity contribution < 1.29 is 14.6 Å². The topological polar surface area (TPSA) is 46.5 Å². The highest BCUT2D eigenvalue weighted by atomic mass is 16.5. The number of aliphatic hydroxyl groups excluding tert-OH is 1. The maximum Gasteiger partial charge on any atom is 0.309 e. The van der Waals surface area contributed by atoms with Crippen molar-refractivity contribution in [2.24, 2.45) is 17.8 Å². The average Bonchev–Trinajstić information content (AvgIpc) is 2.30. The smallest absolute Gasteiger partial charge is 0.309 e. The van der Waals surface area contributed by atoms with Gasteiger partial charge in [0, 0.05) is 13.0 Å². The standard InChI is InChI=1S/C12H18O3/c13-6-1-7-15-12(14)11-8-9-2-4-10(11)5-3-9/h2,4,9-11,13H,1,3,5-8H2. The Morgan fingerprint density at radius 3 is 2.80 bits per heavy atom. The van der Waals surface area contributed by atoms with Gasteiger partial charge in [0.15, 0.2) is 0 Å². The summed E-state index contributed by atoms with van der Waals surface area (Å²) in [6, 6.07) is 0. The molecule has 15 heavy (non-hydrogen) atoms. The molecule has 1 saturated carbocycles. The highest BCUT2D eigenvalue weighted by Crippen LogP contribution is 2.40. The minimum Gasteiger partial charge on any atom is -0.465 e. The van der Waals surface area contributed by atoms with Gasteiger partial charge in [0.1, 0.15) is 0 Å². The first-order valence-corrected chi connectivity index (χ1v) is 5.77. The maximum absolute atomic E-state index is 11.7. The van der Waals surface area contributed by atoms with Crippen molar-refractivity contribution in [3.8, 4) is 0 Å². The highest BCUT2D eigenvalue weighted by Gasteiger charge is 2.37. The molecule has 3 nitrogen and oxygen atoms in total. The van der Waals surface area contributed by atoms with Crippen molar-refractivity contribution in [3.05, 3.63) is 12.2 Å². The molecule has 84 valence electrons. The van der Waals surface area contributed by atoms with Crippen LogP contribution in [0.5, 0.6) is 0 Å². The van der Waals surface area contributed by atoms with Crippen molar-refractivity contribution in [2.75, 3.05) is 13.2 Å². The lowest BCUT2D eigenvalue weighted by Gasteiger charge is -2.36. The van der Waals surface area contributed by atoms with Gasteiger partial charge in [-0.25, -0.2) is 0 Å². The summed E-state index contributed by atoms with van der Waals surface area (Å²) < 4.78 is 5.14. The molecule has 0 aromatic heterocycles. The average molecular weight is 210 g/mol. The first-order chi connectivity index (χ1) is 7.31. The zero-order chi connectivity index (χ0) is 10.7. The predicted molar refractivity (Wildman–Crippen MR) is 56.1 cm³/mol. The fourth-order valence-electron chi connectivity index (χ4n) is 2.55. The van der Waals surface area contributed by atoms with E-state index in [0.717, 1.165) is 12.8 Å². The van der Waals surface area contributed by atoms with Crippen molar-refractivity contribution in [3.63, 3.8) is 0 Å². The van der Waals surface area contributed by atoms with Crippen molar-refractivity contribution >= 4 is 5.97 Å². The van der Waals surface area contributed by atoms with Crippen LogP contribution in [0.4, 0.5) is 0 Å². The summed E-state index contributed by atoms with van der Waals surface area (Å²) in [7, 11) is 0. The van der Waals surface area contributed by atoms with Gasteiger partial charge in [-0.15, -0.1) is 0 Å². The Labute approximate surface area is 90.1 Å². The van der Waals surface area contributed by atoms with Crippen LogP contribution in [-0.2, 0) is 9.53 Å². The lowest BCUT2D eigenvalue weighted by molar-refractivity contribution is -0.152. The van der Waals surface area contributed by atoms with Crippen molar-refractivity contribution in [2.45, 2.75) is 25.7 Å². The van der Waals surface area contributed by atoms with Gasteiger partial charge in [0.2, 0.25) is 0 Å². The van der Waals surface area contributed by atoms with E-state index in [-0.39, 0.29) is 18.5 Å². The van der Waals surface area contributed by atoms with Crippen LogP contribution in [0.25, 0.3) is 0 Å². The molecule has 3 rings (SSSR count). The zero-order valence-electron chi connectivity index (χ0n) is 8.89. The number of rotatable bonds is 4. The van der Waals surface area contributed by atoms with Crippen LogP contribution in [0.15, 0.2) is 12.2 Å². The van der Waals surface area contributed by atoms with Crippen LogP contribution in [0.2, 0.25) is 0 Å². The van der Waals surface area contributed by atoms with Crippen LogP contribution in [-0.4, -0.2) is 24.3 Å². The second-order valence-electron chi connectivity index (χ2n) is 4.47. The van der Waals surface area contributed by atoms with E-state index in [0.29, 0.717) is 24.9 Å². The largest absolute Gasteiger partial charge is 0.465 e. The summed E-state index contributed by atoms with van der Waals surface area (Å²) in [6.45, 7) is 0.441. The fraction of sp³-hybridized carbons (Fsp3) is 0.750. The first kappa shape index (κ1) is 10.7. The minimum atomic E-state index is -0.0671. The van der Waals surface area contributed by atoms with E-state index in [1.807, 2.05) is 0 Å². The molecule has 0 heterocycles. The molecule has 3 heteroatoms. The van der Waals surface area contributed by atoms with Crippen LogP contribution in [0.1, 0.15) is 25.7 Å². The molecule has 0 aromatic carbocycles. The predicted octanol–water partition coefficient (Wildman–Crippen LogP) is 1.51. The number of ether oxygens (including phenoxy) is 1. The van der Waals surface area contributed by atoms with Crippen LogP contribution in [0.3, 0.4) is 0 Å². The highest BCUT2D eigenvalue weighted by molar-refractivity contribution is 5.73. The summed E-state index contributed by atoms with van der Waals surface area (Å²) >= 11 is 0. The zero-order valence-corrected chi connectivity index (χ0v) is 8.89. The third-order valence-corrected chi connectivity index (χ3v) is 3.42. The van der Waals surface area contributed by atoms with E-state index in [9.17, 15) is 4.79 Å². The maximum atomic E-state index is 11.7. The molecule has 0 aliphatic heterocycles. The SMILES string of the molecule is O=C(OCCCO)C1CC2C=CC1CC2. The summed E-state index contributed by atoms with van der Waals surface area (Å²) in [5.74, 6) is 0.997. The van der Waals surface area contributed by atoms with E-state index in [2.05, 4.69) is 12.2 Å². The monoisotopic (exact) mass is 210 g/mol. The number of hydrogen-bond acceptors (Lipinski definition) is 3. The fourth-order valence-corrected chi connectivity index (χ4v) is 2.55. The second-order valence-corrected chi connectivity index (χ2v) is 4.47. The third kappa shape index (κ3) is 2.40. The van der Waals surface area contributed by atoms with E-state index < -0.39 is 0 Å². The van der Waals surface area contributed by atoms with Gasteiger partial charge in [0.05, 0.1) is 12.5 Å². The van der Waals surface area contributed by atoms with Gasteiger partial charge >= 0.3 is 5.97 Å². The third-order valence-electron chi connectivity index (χ3n) is 3.42. The summed E-state index contributed by atoms with van der Waals surface area (Å²) in [5, 5.41) is 8.59. The Kier molecular flexibility index (Phi) is 3.41. The molecule has 3 unspecified atom stereocenters. The first-order valence-electron chi connectivity index (χ1n) is 5.77. The Hall–Kier alpha value is -0.830. The number of esters is 1. The summed E-state index contributed by atoms with van der Waals surface area (Å²) in [5.41, 5.74) is 0. The molecule has 2 bridgehead atoms. The molecule has 0 saturated heterocycles. The molecule has 3 atom stereocenters. The molecule has 0 spiro atoms. The van der Waals surface area contributed by atoms with Gasteiger partial charge in [0.25, 0.3) is 0 Å². The van der Waals surface area contributed by atoms with Crippen molar-refractivity contribution in [1.29, 1.82) is 0 Å². The van der Waals surface area contributed by atoms with E-state index >= 15 is 0 Å². The minimum absolute atomic E-state index is 0.0671. The molecule has 0 aromatic rings. The van der Waals surface area contributed by atoms with Gasteiger partial charge < -0.3 is 9.84 Å². The Morgan fingerprint density at radius 1 is 1.40 bits per heavy atom. The summed E-state index contributed by atoms with van der Waals surface area (Å²) in [4.78, 5) is 11.7. The normalized spacial score (nSPS) is 33.0. The number of carbonyl (C=O) groups excluding carboxylic acids is 1. The second kappa shape index (κ2) is 4.79. The van der Waals surface area contributed by atoms with E-state index in [1.165, 1.54) is 6.42 Å². The number of carbonyl (C=O) groups is 1. The lowest BCUT2D eigenvalue weighted by atomic mass is 9.69. The molecule has 0 amide bonds. The van der Waals surface area contributed by atoms with Gasteiger partial charge in [-0.05, 0) is 31.1 Å². The molecule has 1 N–H and O–H groups in total. The Morgan fingerprint density at radius 2 is 2.27 bits per heavy atom. The number of aliphatic hydroxyl groups is 1. The Balaban J connectivity index is 1.84. The molecular formula is C12H18O3. The van der Waals surface area contributed by atoms with Gasteiger partial charge in [-0.1, -0.05) is 12.2 Å². The van der Waals surface area contributed by atoms with E-state index in [1.54, 1.807) is 0 Å². The Bertz CT molecular complexity index is 260. The van der Waals surface area contributed by atoms with Gasteiger partial charge in [-0.3, -0.25) is 4.79 Å². The quantitative estimate of drug-likeness (QED) is 0.434. The number of fused-ring (bicyclic) bond motifs is 2. The van der Waals surface area contributed by atoms with Crippen molar-refractivity contribution in [1.82, 2.24) is 0 Å². The summed E-state index contributed by atoms with van der Waals surface area (Å²) in [6.07, 6.45) is 8.27. The lowest BCUT2D eigenvalue weighted by Crippen LogP contribution is -2.34. The van der Waals surface area contributed by atoms with Crippen LogP contribution >= 0.6 is 0 Å². The number of hydrogen-bond donors (Lipinski definition) is 1.